The summed E-state index contributed by atoms with van der Waals surface area (Å²) in [4.78, 5) is 22.7. The molecule has 0 spiro atoms. The highest BCUT2D eigenvalue weighted by molar-refractivity contribution is 5.77. The third-order valence-electron chi connectivity index (χ3n) is 4.07. The van der Waals surface area contributed by atoms with Gasteiger partial charge in [-0.1, -0.05) is 0 Å². The second-order valence-electron chi connectivity index (χ2n) is 5.85. The number of furan rings is 1. The van der Waals surface area contributed by atoms with Gasteiger partial charge in [-0.3, -0.25) is 9.69 Å². The van der Waals surface area contributed by atoms with Crippen molar-refractivity contribution in [2.24, 2.45) is 0 Å². The van der Waals surface area contributed by atoms with Crippen molar-refractivity contribution in [2.45, 2.75) is 51.0 Å². The molecule has 0 aliphatic carbocycles. The zero-order valence-corrected chi connectivity index (χ0v) is 13.1. The minimum Gasteiger partial charge on any atom is -0.475 e. The molecule has 1 aromatic rings. The van der Waals surface area contributed by atoms with Crippen molar-refractivity contribution in [3.63, 3.8) is 0 Å². The van der Waals surface area contributed by atoms with Crippen molar-refractivity contribution in [3.05, 3.63) is 23.7 Å². The van der Waals surface area contributed by atoms with Gasteiger partial charge in [0.1, 0.15) is 11.5 Å². The lowest BCUT2D eigenvalue weighted by Gasteiger charge is -2.31. The second kappa shape index (κ2) is 7.25. The molecule has 3 rings (SSSR count). The van der Waals surface area contributed by atoms with Crippen molar-refractivity contribution in [3.8, 4) is 0 Å². The Morgan fingerprint density at radius 1 is 1.42 bits per heavy atom. The number of piperidine rings is 1. The molecule has 0 saturated carbocycles. The Kier molecular flexibility index (Phi) is 5.53. The standard InChI is InChI=1S/C13H18N2O2.C2HF3O2/c1-9-2-3-10(17-9)8-15-7-6-11-12(15)4-5-13(16)14-11;3-2(4,5)1(6)7/h2-3,11-12H,4-8H2,1H3,(H,14,16);(H,6,7)/t11-,12+;/m1./s1. The Balaban J connectivity index is 0.000000256. The SMILES string of the molecule is Cc1ccc(CN2CC[C@H]3NC(=O)CC[C@@H]32)o1.O=C(O)C(F)(F)F. The van der Waals surface area contributed by atoms with Gasteiger partial charge in [0.2, 0.25) is 5.91 Å². The Morgan fingerprint density at radius 3 is 2.62 bits per heavy atom. The van der Waals surface area contributed by atoms with E-state index < -0.39 is 12.1 Å². The second-order valence-corrected chi connectivity index (χ2v) is 5.85. The van der Waals surface area contributed by atoms with E-state index in [0.717, 1.165) is 37.5 Å². The van der Waals surface area contributed by atoms with E-state index in [4.69, 9.17) is 14.3 Å². The van der Waals surface area contributed by atoms with Gasteiger partial charge in [-0.25, -0.2) is 4.79 Å². The highest BCUT2D eigenvalue weighted by Crippen LogP contribution is 2.27. The van der Waals surface area contributed by atoms with E-state index in [2.05, 4.69) is 10.2 Å². The number of halogens is 3. The smallest absolute Gasteiger partial charge is 0.475 e. The van der Waals surface area contributed by atoms with E-state index in [1.54, 1.807) is 0 Å². The van der Waals surface area contributed by atoms with Crippen LogP contribution in [0, 0.1) is 6.92 Å². The van der Waals surface area contributed by atoms with Crippen molar-refractivity contribution in [1.82, 2.24) is 10.2 Å². The number of carbonyl (C=O) groups is 2. The Hall–Kier alpha value is -2.03. The monoisotopic (exact) mass is 348 g/mol. The first kappa shape index (κ1) is 18.3. The first-order valence-electron chi connectivity index (χ1n) is 7.55. The molecule has 134 valence electrons. The molecule has 2 N–H and O–H groups in total. The molecule has 24 heavy (non-hydrogen) atoms. The molecule has 2 aliphatic heterocycles. The quantitative estimate of drug-likeness (QED) is 0.855. The van der Waals surface area contributed by atoms with Crippen LogP contribution in [0.4, 0.5) is 13.2 Å². The third kappa shape index (κ3) is 4.73. The number of carbonyl (C=O) groups excluding carboxylic acids is 1. The first-order chi connectivity index (χ1) is 11.2. The summed E-state index contributed by atoms with van der Waals surface area (Å²) in [5.74, 6) is -0.554. The lowest BCUT2D eigenvalue weighted by atomic mass is 9.99. The van der Waals surface area contributed by atoms with Gasteiger partial charge in [0.05, 0.1) is 6.54 Å². The van der Waals surface area contributed by atoms with Gasteiger partial charge >= 0.3 is 12.1 Å². The van der Waals surface area contributed by atoms with Crippen molar-refractivity contribution >= 4 is 11.9 Å². The van der Waals surface area contributed by atoms with E-state index in [1.165, 1.54) is 0 Å². The highest BCUT2D eigenvalue weighted by Gasteiger charge is 2.39. The molecule has 0 radical (unpaired) electrons. The van der Waals surface area contributed by atoms with Gasteiger partial charge in [-0.2, -0.15) is 13.2 Å². The number of carboxylic acids is 1. The van der Waals surface area contributed by atoms with Gasteiger partial charge in [0.25, 0.3) is 0 Å². The zero-order chi connectivity index (χ0) is 17.9. The first-order valence-corrected chi connectivity index (χ1v) is 7.55. The molecule has 2 aliphatic rings. The highest BCUT2D eigenvalue weighted by atomic mass is 19.4. The van der Waals surface area contributed by atoms with Crippen LogP contribution in [0.2, 0.25) is 0 Å². The zero-order valence-electron chi connectivity index (χ0n) is 13.1. The molecule has 6 nitrogen and oxygen atoms in total. The van der Waals surface area contributed by atoms with Gasteiger partial charge in [0, 0.05) is 25.0 Å². The Labute approximate surface area is 136 Å². The van der Waals surface area contributed by atoms with Gasteiger partial charge in [-0.05, 0) is 31.9 Å². The number of nitrogens with one attached hydrogen (secondary N) is 1. The third-order valence-corrected chi connectivity index (χ3v) is 4.07. The topological polar surface area (TPSA) is 82.8 Å². The van der Waals surface area contributed by atoms with Gasteiger partial charge in [0.15, 0.2) is 0 Å². The van der Waals surface area contributed by atoms with Crippen LogP contribution in [0.1, 0.15) is 30.8 Å². The van der Waals surface area contributed by atoms with Crippen LogP contribution in [0.15, 0.2) is 16.5 Å². The van der Waals surface area contributed by atoms with Crippen LogP contribution in [-0.4, -0.2) is 46.7 Å². The Morgan fingerprint density at radius 2 is 2.08 bits per heavy atom. The van der Waals surface area contributed by atoms with Crippen LogP contribution in [-0.2, 0) is 16.1 Å². The molecule has 0 bridgehead atoms. The minimum absolute atomic E-state index is 0.210. The molecule has 3 heterocycles. The summed E-state index contributed by atoms with van der Waals surface area (Å²) in [6.07, 6.45) is -2.37. The molecule has 2 fully saturated rings. The summed E-state index contributed by atoms with van der Waals surface area (Å²) >= 11 is 0. The number of amides is 1. The largest absolute Gasteiger partial charge is 0.490 e. The minimum atomic E-state index is -5.08. The molecular formula is C15H19F3N2O4. The fourth-order valence-electron chi connectivity index (χ4n) is 2.99. The average Bonchev–Trinajstić information content (AvgIpc) is 3.05. The van der Waals surface area contributed by atoms with E-state index >= 15 is 0 Å². The number of nitrogens with zero attached hydrogens (tertiary/aromatic N) is 1. The lowest BCUT2D eigenvalue weighted by molar-refractivity contribution is -0.192. The maximum Gasteiger partial charge on any atom is 0.490 e. The molecule has 2 atom stereocenters. The number of rotatable bonds is 2. The summed E-state index contributed by atoms with van der Waals surface area (Å²) in [6.45, 7) is 3.89. The van der Waals surface area contributed by atoms with E-state index in [-0.39, 0.29) is 5.91 Å². The fourth-order valence-corrected chi connectivity index (χ4v) is 2.99. The number of carboxylic acid groups (broad SMARTS) is 1. The van der Waals surface area contributed by atoms with Crippen LogP contribution < -0.4 is 5.32 Å². The molecule has 1 aromatic heterocycles. The van der Waals surface area contributed by atoms with Crippen molar-refractivity contribution < 1.29 is 32.3 Å². The number of alkyl halides is 3. The van der Waals surface area contributed by atoms with Crippen LogP contribution in [0.3, 0.4) is 0 Å². The van der Waals surface area contributed by atoms with Crippen LogP contribution in [0.25, 0.3) is 0 Å². The average molecular weight is 348 g/mol. The fraction of sp³-hybridized carbons (Fsp3) is 0.600. The maximum atomic E-state index is 11.3. The van der Waals surface area contributed by atoms with Crippen LogP contribution >= 0.6 is 0 Å². The van der Waals surface area contributed by atoms with E-state index in [1.807, 2.05) is 19.1 Å². The van der Waals surface area contributed by atoms with Crippen molar-refractivity contribution in [1.29, 1.82) is 0 Å². The summed E-state index contributed by atoms with van der Waals surface area (Å²) in [5, 5.41) is 10.2. The lowest BCUT2D eigenvalue weighted by Crippen LogP contribution is -2.49. The molecular weight excluding hydrogens is 329 g/mol. The van der Waals surface area contributed by atoms with Gasteiger partial charge in [-0.15, -0.1) is 0 Å². The molecule has 1 amide bonds. The predicted octanol–water partition coefficient (Wildman–Crippen LogP) is 2.07. The van der Waals surface area contributed by atoms with E-state index in [9.17, 15) is 18.0 Å². The maximum absolute atomic E-state index is 11.3. The molecule has 9 heteroatoms. The van der Waals surface area contributed by atoms with Crippen LogP contribution in [0.5, 0.6) is 0 Å². The predicted molar refractivity (Wildman–Crippen MR) is 77.1 cm³/mol. The summed E-state index contributed by atoms with van der Waals surface area (Å²) in [6, 6.07) is 4.90. The summed E-state index contributed by atoms with van der Waals surface area (Å²) in [5.41, 5.74) is 0. The van der Waals surface area contributed by atoms with Crippen molar-refractivity contribution in [2.75, 3.05) is 6.54 Å². The number of aryl methyl sites for hydroxylation is 1. The molecule has 0 unspecified atom stereocenters. The number of hydrogen-bond acceptors (Lipinski definition) is 4. The van der Waals surface area contributed by atoms with E-state index in [0.29, 0.717) is 18.5 Å². The number of aliphatic carboxylic acids is 1. The number of fused-ring (bicyclic) bond motifs is 1. The normalized spacial score (nSPS) is 23.9. The molecule has 2 saturated heterocycles. The van der Waals surface area contributed by atoms with Gasteiger partial charge < -0.3 is 14.8 Å². The Bertz CT molecular complexity index is 600. The number of likely N-dealkylation sites (tertiary alicyclic amines) is 1. The summed E-state index contributed by atoms with van der Waals surface area (Å²) in [7, 11) is 0. The summed E-state index contributed by atoms with van der Waals surface area (Å²) < 4.78 is 37.4. The number of hydrogen-bond donors (Lipinski definition) is 2. The molecule has 0 aromatic carbocycles.